The second-order valence-electron chi connectivity index (χ2n) is 5.47. The molecule has 1 amide bonds. The molecule has 0 saturated carbocycles. The van der Waals surface area contributed by atoms with E-state index in [1.807, 2.05) is 4.90 Å². The van der Waals surface area contributed by atoms with E-state index in [2.05, 4.69) is 17.0 Å². The van der Waals surface area contributed by atoms with Gasteiger partial charge in [-0.1, -0.05) is 11.6 Å². The molecule has 0 spiro atoms. The Balaban J connectivity index is 2.08. The lowest BCUT2D eigenvalue weighted by molar-refractivity contribution is -0.138. The second kappa shape index (κ2) is 7.49. The number of esters is 1. The van der Waals surface area contributed by atoms with E-state index in [0.29, 0.717) is 16.3 Å². The molecule has 2 rings (SSSR count). The minimum atomic E-state index is -0.363. The average molecular weight is 325 g/mol. The summed E-state index contributed by atoms with van der Waals surface area (Å²) in [5.41, 5.74) is 1.18. The Kier molecular flexibility index (Phi) is 5.66. The van der Waals surface area contributed by atoms with Gasteiger partial charge in [0, 0.05) is 18.3 Å². The third-order valence-electron chi connectivity index (χ3n) is 3.93. The summed E-state index contributed by atoms with van der Waals surface area (Å²) in [5.74, 6) is -0.393. The highest BCUT2D eigenvalue weighted by atomic mass is 35.5. The van der Waals surface area contributed by atoms with E-state index >= 15 is 0 Å². The fourth-order valence-corrected chi connectivity index (χ4v) is 2.86. The molecular weight excluding hydrogens is 304 g/mol. The molecule has 1 N–H and O–H groups in total. The molecule has 1 heterocycles. The van der Waals surface area contributed by atoms with Crippen molar-refractivity contribution in [3.8, 4) is 0 Å². The molecule has 5 nitrogen and oxygen atoms in total. The molecule has 1 aliphatic heterocycles. The Morgan fingerprint density at radius 1 is 1.41 bits per heavy atom. The number of methoxy groups -OCH3 is 1. The van der Waals surface area contributed by atoms with Crippen molar-refractivity contribution >= 4 is 29.2 Å². The van der Waals surface area contributed by atoms with E-state index in [4.69, 9.17) is 11.6 Å². The van der Waals surface area contributed by atoms with Crippen molar-refractivity contribution in [2.45, 2.75) is 32.2 Å². The van der Waals surface area contributed by atoms with Crippen LogP contribution in [0.25, 0.3) is 0 Å². The largest absolute Gasteiger partial charge is 0.468 e. The first kappa shape index (κ1) is 16.6. The van der Waals surface area contributed by atoms with Crippen molar-refractivity contribution in [3.63, 3.8) is 0 Å². The summed E-state index contributed by atoms with van der Waals surface area (Å²) in [6.45, 7) is 2.90. The number of nitrogens with zero attached hydrogens (tertiary/aromatic N) is 1. The standard InChI is InChI=1S/C16H21ClN2O3/c1-11-5-3-4-8-19(11)16(21)13-7-6-12(9-14(13)17)18-10-15(20)22-2/h6-7,9,11,18H,3-5,8,10H2,1-2H3. The lowest BCUT2D eigenvalue weighted by Gasteiger charge is -2.33. The molecule has 1 fully saturated rings. The Hall–Kier alpha value is -1.75. The number of piperidine rings is 1. The van der Waals surface area contributed by atoms with Crippen molar-refractivity contribution < 1.29 is 14.3 Å². The van der Waals surface area contributed by atoms with E-state index in [1.54, 1.807) is 18.2 Å². The van der Waals surface area contributed by atoms with Crippen LogP contribution in [0.1, 0.15) is 36.5 Å². The van der Waals surface area contributed by atoms with Crippen molar-refractivity contribution in [2.24, 2.45) is 0 Å². The normalized spacial score (nSPS) is 18.0. The number of halogens is 1. The number of nitrogens with one attached hydrogen (secondary N) is 1. The number of hydrogen-bond acceptors (Lipinski definition) is 4. The third-order valence-corrected chi connectivity index (χ3v) is 4.24. The summed E-state index contributed by atoms with van der Waals surface area (Å²) in [4.78, 5) is 25.6. The maximum Gasteiger partial charge on any atom is 0.325 e. The van der Waals surface area contributed by atoms with Gasteiger partial charge in [-0.2, -0.15) is 0 Å². The van der Waals surface area contributed by atoms with Crippen LogP contribution in [0.2, 0.25) is 5.02 Å². The molecule has 1 aromatic carbocycles. The number of ether oxygens (including phenoxy) is 1. The van der Waals surface area contributed by atoms with Crippen LogP contribution in [0.3, 0.4) is 0 Å². The van der Waals surface area contributed by atoms with Gasteiger partial charge in [-0.25, -0.2) is 0 Å². The SMILES string of the molecule is COC(=O)CNc1ccc(C(=O)N2CCCCC2C)c(Cl)c1. The molecule has 120 valence electrons. The minimum absolute atomic E-state index is 0.0308. The van der Waals surface area contributed by atoms with Gasteiger partial charge in [-0.3, -0.25) is 9.59 Å². The Morgan fingerprint density at radius 2 is 2.18 bits per heavy atom. The topological polar surface area (TPSA) is 58.6 Å². The Bertz CT molecular complexity index is 562. The van der Waals surface area contributed by atoms with Crippen molar-refractivity contribution in [2.75, 3.05) is 25.5 Å². The van der Waals surface area contributed by atoms with Crippen LogP contribution in [-0.2, 0) is 9.53 Å². The zero-order valence-corrected chi connectivity index (χ0v) is 13.7. The number of rotatable bonds is 4. The highest BCUT2D eigenvalue weighted by Gasteiger charge is 2.25. The van der Waals surface area contributed by atoms with Gasteiger partial charge in [0.25, 0.3) is 5.91 Å². The van der Waals surface area contributed by atoms with Crippen LogP contribution in [0.4, 0.5) is 5.69 Å². The number of amides is 1. The summed E-state index contributed by atoms with van der Waals surface area (Å²) in [6.07, 6.45) is 3.23. The summed E-state index contributed by atoms with van der Waals surface area (Å²) in [6, 6.07) is 5.35. The zero-order valence-electron chi connectivity index (χ0n) is 12.9. The molecule has 1 aromatic rings. The molecule has 0 aliphatic carbocycles. The lowest BCUT2D eigenvalue weighted by Crippen LogP contribution is -2.42. The number of hydrogen-bond donors (Lipinski definition) is 1. The first-order valence-corrected chi connectivity index (χ1v) is 7.82. The molecule has 1 unspecified atom stereocenters. The molecule has 22 heavy (non-hydrogen) atoms. The van der Waals surface area contributed by atoms with Gasteiger partial charge in [0.2, 0.25) is 0 Å². The number of benzene rings is 1. The van der Waals surface area contributed by atoms with Gasteiger partial charge in [0.1, 0.15) is 6.54 Å². The maximum atomic E-state index is 12.6. The number of anilines is 1. The molecule has 0 radical (unpaired) electrons. The monoisotopic (exact) mass is 324 g/mol. The van der Waals surface area contributed by atoms with Crippen LogP contribution < -0.4 is 5.32 Å². The van der Waals surface area contributed by atoms with Crippen molar-refractivity contribution in [3.05, 3.63) is 28.8 Å². The summed E-state index contributed by atoms with van der Waals surface area (Å²) in [5, 5.41) is 3.29. The van der Waals surface area contributed by atoms with E-state index < -0.39 is 0 Å². The van der Waals surface area contributed by atoms with Crippen molar-refractivity contribution in [1.29, 1.82) is 0 Å². The van der Waals surface area contributed by atoms with Crippen LogP contribution >= 0.6 is 11.6 Å². The maximum absolute atomic E-state index is 12.6. The molecule has 1 saturated heterocycles. The predicted octanol–water partition coefficient (Wildman–Crippen LogP) is 2.94. The first-order valence-electron chi connectivity index (χ1n) is 7.44. The van der Waals surface area contributed by atoms with Crippen molar-refractivity contribution in [1.82, 2.24) is 4.90 Å². The summed E-state index contributed by atoms with van der Waals surface area (Å²) in [7, 11) is 1.33. The zero-order chi connectivity index (χ0) is 16.1. The molecule has 0 aromatic heterocycles. The fraction of sp³-hybridized carbons (Fsp3) is 0.500. The van der Waals surface area contributed by atoms with Crippen LogP contribution in [0.15, 0.2) is 18.2 Å². The van der Waals surface area contributed by atoms with Gasteiger partial charge in [-0.15, -0.1) is 0 Å². The summed E-state index contributed by atoms with van der Waals surface area (Å²) >= 11 is 6.24. The third kappa shape index (κ3) is 3.91. The molecular formula is C16H21ClN2O3. The quantitative estimate of drug-likeness (QED) is 0.865. The van der Waals surface area contributed by atoms with E-state index in [0.717, 1.165) is 25.8 Å². The van der Waals surface area contributed by atoms with Gasteiger partial charge in [0.15, 0.2) is 0 Å². The van der Waals surface area contributed by atoms with Crippen LogP contribution in [-0.4, -0.2) is 43.0 Å². The molecule has 0 bridgehead atoms. The van der Waals surface area contributed by atoms with Crippen LogP contribution in [0.5, 0.6) is 0 Å². The van der Waals surface area contributed by atoms with E-state index in [9.17, 15) is 9.59 Å². The van der Waals surface area contributed by atoms with Crippen LogP contribution in [0, 0.1) is 0 Å². The number of carbonyl (C=O) groups is 2. The van der Waals surface area contributed by atoms with Gasteiger partial charge in [-0.05, 0) is 44.4 Å². The lowest BCUT2D eigenvalue weighted by atomic mass is 10.0. The minimum Gasteiger partial charge on any atom is -0.468 e. The molecule has 6 heteroatoms. The summed E-state index contributed by atoms with van der Waals surface area (Å²) < 4.78 is 4.56. The second-order valence-corrected chi connectivity index (χ2v) is 5.87. The van der Waals surface area contributed by atoms with Gasteiger partial charge >= 0.3 is 5.97 Å². The average Bonchev–Trinajstić information content (AvgIpc) is 2.52. The van der Waals surface area contributed by atoms with Gasteiger partial charge in [0.05, 0.1) is 17.7 Å². The van der Waals surface area contributed by atoms with E-state index in [-0.39, 0.29) is 24.5 Å². The smallest absolute Gasteiger partial charge is 0.325 e. The Morgan fingerprint density at radius 3 is 2.82 bits per heavy atom. The molecule has 1 atom stereocenters. The highest BCUT2D eigenvalue weighted by molar-refractivity contribution is 6.34. The van der Waals surface area contributed by atoms with Gasteiger partial charge < -0.3 is 15.0 Å². The fourth-order valence-electron chi connectivity index (χ4n) is 2.60. The Labute approximate surface area is 135 Å². The number of likely N-dealkylation sites (tertiary alicyclic amines) is 1. The van der Waals surface area contributed by atoms with E-state index in [1.165, 1.54) is 7.11 Å². The number of carbonyl (C=O) groups excluding carboxylic acids is 2. The highest BCUT2D eigenvalue weighted by Crippen LogP contribution is 2.25. The molecule has 1 aliphatic rings. The predicted molar refractivity (Wildman–Crippen MR) is 86.3 cm³/mol. The first-order chi connectivity index (χ1) is 10.5.